The van der Waals surface area contributed by atoms with Crippen LogP contribution in [0.3, 0.4) is 0 Å². The Hall–Kier alpha value is -5.36. The normalized spacial score (nSPS) is 12.2. The number of para-hydroxylation sites is 3. The molecule has 0 unspecified atom stereocenters. The minimum absolute atomic E-state index is 0.0966. The molecule has 230 valence electrons. The molecule has 6 heteroatoms. The fraction of sp³-hybridized carbons (Fsp3) is 0.200. The number of phenolic OH excluding ortho intramolecular Hbond substituents is 1. The smallest absolute Gasteiger partial charge is 0.169 e. The Morgan fingerprint density at radius 2 is 1.39 bits per heavy atom. The van der Waals surface area contributed by atoms with E-state index in [2.05, 4.69) is 106 Å². The third-order valence-corrected chi connectivity index (χ3v) is 8.58. The Morgan fingerprint density at radius 3 is 2.13 bits per heavy atom. The quantitative estimate of drug-likeness (QED) is 0.205. The molecule has 0 saturated carbocycles. The van der Waals surface area contributed by atoms with Crippen LogP contribution in [0.4, 0.5) is 17.3 Å². The van der Waals surface area contributed by atoms with Gasteiger partial charge in [0.2, 0.25) is 0 Å². The van der Waals surface area contributed by atoms with Crippen molar-refractivity contribution in [2.45, 2.75) is 52.4 Å². The summed E-state index contributed by atoms with van der Waals surface area (Å²) in [5.41, 5.74) is 7.40. The third kappa shape index (κ3) is 5.30. The number of aromatic nitrogens is 4. The molecule has 0 saturated heterocycles. The second kappa shape index (κ2) is 10.9. The maximum Gasteiger partial charge on any atom is 0.169 e. The molecule has 0 fully saturated rings. The lowest BCUT2D eigenvalue weighted by Crippen LogP contribution is -2.17. The fourth-order valence-corrected chi connectivity index (χ4v) is 5.91. The van der Waals surface area contributed by atoms with Crippen LogP contribution in [0.2, 0.25) is 0 Å². The highest BCUT2D eigenvalue weighted by Crippen LogP contribution is 2.42. The molecule has 0 atom stereocenters. The lowest BCUT2D eigenvalue weighted by atomic mass is 9.87. The molecule has 0 bridgehead atoms. The van der Waals surface area contributed by atoms with Crippen LogP contribution >= 0.6 is 0 Å². The average molecular weight is 606 g/mol. The van der Waals surface area contributed by atoms with Crippen LogP contribution in [0.5, 0.6) is 5.75 Å². The van der Waals surface area contributed by atoms with E-state index in [-0.39, 0.29) is 16.6 Å². The van der Waals surface area contributed by atoms with Crippen molar-refractivity contribution in [3.63, 3.8) is 0 Å². The molecule has 0 spiro atoms. The number of hydrogen-bond acceptors (Lipinski definition) is 4. The number of rotatable bonds is 5. The van der Waals surface area contributed by atoms with Crippen molar-refractivity contribution >= 4 is 39.1 Å². The van der Waals surface area contributed by atoms with Gasteiger partial charge in [0.05, 0.1) is 16.9 Å². The Kier molecular flexibility index (Phi) is 6.97. The van der Waals surface area contributed by atoms with Crippen LogP contribution in [-0.2, 0) is 10.8 Å². The number of benzene rings is 4. The van der Waals surface area contributed by atoms with Gasteiger partial charge in [0.15, 0.2) is 5.82 Å². The maximum absolute atomic E-state index is 11.2. The van der Waals surface area contributed by atoms with Gasteiger partial charge in [-0.05, 0) is 82.6 Å². The van der Waals surface area contributed by atoms with Gasteiger partial charge in [0.25, 0.3) is 0 Å². The number of fused-ring (bicyclic) bond motifs is 2. The number of nitrogens with zero attached hydrogens (tertiary/aromatic N) is 4. The van der Waals surface area contributed by atoms with Gasteiger partial charge in [-0.3, -0.25) is 4.90 Å². The number of aromatic hydroxyl groups is 1. The zero-order chi connectivity index (χ0) is 32.2. The molecule has 46 heavy (non-hydrogen) atoms. The topological polar surface area (TPSA) is 70.0 Å². The number of pyridine rings is 1. The number of aromatic amines is 1. The standard InChI is InChI=1S/C40H39N5O/c1-39(2,3)27-20-21-36(46)35(24-27)45-34-19-13-11-17-30(34)38(43-45)44(29-15-8-7-9-16-29)37-25-28(40(4,5)6)23-33(42-37)32-22-26-14-10-12-18-31(26)41-32/h7-25,41,46H,1-6H3. The van der Waals surface area contributed by atoms with Crippen molar-refractivity contribution in [2.75, 3.05) is 4.90 Å². The Labute approximate surface area is 270 Å². The maximum atomic E-state index is 11.2. The first kappa shape index (κ1) is 29.4. The van der Waals surface area contributed by atoms with Crippen molar-refractivity contribution in [1.82, 2.24) is 19.7 Å². The highest BCUT2D eigenvalue weighted by Gasteiger charge is 2.26. The van der Waals surface area contributed by atoms with Crippen LogP contribution < -0.4 is 4.90 Å². The molecule has 0 amide bonds. The second-order valence-corrected chi connectivity index (χ2v) is 14.0. The zero-order valence-electron chi connectivity index (χ0n) is 27.2. The zero-order valence-corrected chi connectivity index (χ0v) is 27.2. The molecule has 0 aliphatic rings. The molecule has 0 aliphatic heterocycles. The van der Waals surface area contributed by atoms with Crippen molar-refractivity contribution in [1.29, 1.82) is 0 Å². The van der Waals surface area contributed by atoms with Gasteiger partial charge in [0, 0.05) is 22.0 Å². The van der Waals surface area contributed by atoms with Gasteiger partial charge in [0.1, 0.15) is 17.3 Å². The lowest BCUT2D eigenvalue weighted by Gasteiger charge is -2.26. The van der Waals surface area contributed by atoms with E-state index in [1.807, 2.05) is 59.3 Å². The summed E-state index contributed by atoms with van der Waals surface area (Å²) in [6, 6.07) is 39.0. The van der Waals surface area contributed by atoms with E-state index in [0.717, 1.165) is 61.6 Å². The lowest BCUT2D eigenvalue weighted by molar-refractivity contribution is 0.469. The summed E-state index contributed by atoms with van der Waals surface area (Å²) in [6.45, 7) is 13.2. The highest BCUT2D eigenvalue weighted by atomic mass is 16.3. The minimum Gasteiger partial charge on any atom is -0.506 e. The summed E-state index contributed by atoms with van der Waals surface area (Å²) in [6.07, 6.45) is 0. The van der Waals surface area contributed by atoms with E-state index in [1.165, 1.54) is 0 Å². The average Bonchev–Trinajstić information content (AvgIpc) is 3.63. The van der Waals surface area contributed by atoms with E-state index >= 15 is 0 Å². The van der Waals surface area contributed by atoms with E-state index in [1.54, 1.807) is 6.07 Å². The van der Waals surface area contributed by atoms with E-state index in [9.17, 15) is 5.11 Å². The monoisotopic (exact) mass is 605 g/mol. The van der Waals surface area contributed by atoms with Crippen LogP contribution in [-0.4, -0.2) is 24.9 Å². The van der Waals surface area contributed by atoms with Crippen molar-refractivity contribution in [3.8, 4) is 22.8 Å². The van der Waals surface area contributed by atoms with Gasteiger partial charge in [-0.1, -0.05) is 96.1 Å². The Morgan fingerprint density at radius 1 is 0.696 bits per heavy atom. The predicted molar refractivity (Wildman–Crippen MR) is 190 cm³/mol. The summed E-state index contributed by atoms with van der Waals surface area (Å²) in [4.78, 5) is 11.0. The molecular weight excluding hydrogens is 566 g/mol. The van der Waals surface area contributed by atoms with Crippen molar-refractivity contribution in [3.05, 3.63) is 126 Å². The summed E-state index contributed by atoms with van der Waals surface area (Å²) >= 11 is 0. The summed E-state index contributed by atoms with van der Waals surface area (Å²) in [5.74, 6) is 1.66. The van der Waals surface area contributed by atoms with E-state index < -0.39 is 0 Å². The van der Waals surface area contributed by atoms with Crippen LogP contribution in [0, 0.1) is 0 Å². The molecule has 0 aliphatic carbocycles. The third-order valence-electron chi connectivity index (χ3n) is 8.58. The molecule has 2 N–H and O–H groups in total. The van der Waals surface area contributed by atoms with Crippen molar-refractivity contribution in [2.24, 2.45) is 0 Å². The van der Waals surface area contributed by atoms with Gasteiger partial charge in [-0.15, -0.1) is 5.10 Å². The van der Waals surface area contributed by atoms with Crippen LogP contribution in [0.25, 0.3) is 38.9 Å². The van der Waals surface area contributed by atoms with Crippen molar-refractivity contribution < 1.29 is 5.11 Å². The molecule has 6 nitrogen and oxygen atoms in total. The first-order valence-corrected chi connectivity index (χ1v) is 15.7. The number of hydrogen-bond donors (Lipinski definition) is 2. The first-order valence-electron chi connectivity index (χ1n) is 15.7. The first-order chi connectivity index (χ1) is 22.0. The Balaban J connectivity index is 1.50. The highest BCUT2D eigenvalue weighted by molar-refractivity contribution is 5.96. The van der Waals surface area contributed by atoms with Gasteiger partial charge >= 0.3 is 0 Å². The summed E-state index contributed by atoms with van der Waals surface area (Å²) < 4.78 is 1.86. The Bertz CT molecular complexity index is 2160. The molecule has 3 heterocycles. The fourth-order valence-electron chi connectivity index (χ4n) is 5.91. The second-order valence-electron chi connectivity index (χ2n) is 14.0. The number of H-pyrrole nitrogens is 1. The molecule has 3 aromatic heterocycles. The van der Waals surface area contributed by atoms with Crippen LogP contribution in [0.1, 0.15) is 52.7 Å². The molecule has 0 radical (unpaired) electrons. The molecule has 7 aromatic rings. The molecular formula is C40H39N5O. The van der Waals surface area contributed by atoms with Gasteiger partial charge in [-0.2, -0.15) is 0 Å². The largest absolute Gasteiger partial charge is 0.506 e. The number of nitrogens with one attached hydrogen (secondary N) is 1. The minimum atomic E-state index is -0.137. The summed E-state index contributed by atoms with van der Waals surface area (Å²) in [7, 11) is 0. The van der Waals surface area contributed by atoms with Gasteiger partial charge in [-0.25, -0.2) is 9.67 Å². The van der Waals surface area contributed by atoms with Gasteiger partial charge < -0.3 is 10.1 Å². The molecule has 4 aromatic carbocycles. The molecule has 7 rings (SSSR count). The van der Waals surface area contributed by atoms with Crippen LogP contribution in [0.15, 0.2) is 115 Å². The summed E-state index contributed by atoms with van der Waals surface area (Å²) in [5, 5.41) is 18.5. The number of anilines is 3. The SMILES string of the molecule is CC(C)(C)c1cc(-c2cc3ccccc3[nH]2)nc(N(c2ccccc2)c2nn(-c3cc(C(C)(C)C)ccc3O)c3ccccc23)c1. The van der Waals surface area contributed by atoms with E-state index in [0.29, 0.717) is 5.69 Å². The van der Waals surface area contributed by atoms with E-state index in [4.69, 9.17) is 10.1 Å². The number of phenols is 1. The predicted octanol–water partition coefficient (Wildman–Crippen LogP) is 10.3.